The van der Waals surface area contributed by atoms with Crippen LogP contribution in [0.15, 0.2) is 24.3 Å². The summed E-state index contributed by atoms with van der Waals surface area (Å²) < 4.78 is 0. The molecule has 0 aliphatic carbocycles. The van der Waals surface area contributed by atoms with Crippen molar-refractivity contribution in [1.29, 1.82) is 0 Å². The lowest BCUT2D eigenvalue weighted by atomic mass is 10.1. The Bertz CT molecular complexity index is 459. The zero-order valence-corrected chi connectivity index (χ0v) is 12.7. The van der Waals surface area contributed by atoms with Crippen LogP contribution in [0.25, 0.3) is 0 Å². The summed E-state index contributed by atoms with van der Waals surface area (Å²) in [4.78, 5) is 14.6. The summed E-state index contributed by atoms with van der Waals surface area (Å²) in [5.74, 6) is 0.545. The van der Waals surface area contributed by atoms with Gasteiger partial charge in [0, 0.05) is 24.2 Å². The fraction of sp³-hybridized carbons (Fsp3) is 0.467. The minimum Gasteiger partial charge on any atom is -0.389 e. The van der Waals surface area contributed by atoms with Gasteiger partial charge < -0.3 is 10.6 Å². The van der Waals surface area contributed by atoms with Gasteiger partial charge >= 0.3 is 0 Å². The first-order valence-corrected chi connectivity index (χ1v) is 7.09. The predicted octanol–water partition coefficient (Wildman–Crippen LogP) is 2.83. The molecule has 0 aromatic heterocycles. The Labute approximate surface area is 120 Å². The number of benzene rings is 1. The molecule has 1 rings (SSSR count). The number of carbonyl (C=O) groups excluding carboxylic acids is 1. The summed E-state index contributed by atoms with van der Waals surface area (Å²) in [5.41, 5.74) is 6.99. The summed E-state index contributed by atoms with van der Waals surface area (Å²) in [5, 5.41) is 0. The van der Waals surface area contributed by atoms with Gasteiger partial charge in [-0.25, -0.2) is 0 Å². The lowest BCUT2D eigenvalue weighted by Gasteiger charge is -2.24. The number of hydrogen-bond acceptors (Lipinski definition) is 2. The van der Waals surface area contributed by atoms with Crippen LogP contribution in [0, 0.1) is 5.92 Å². The van der Waals surface area contributed by atoms with Gasteiger partial charge in [0.25, 0.3) is 5.91 Å². The lowest BCUT2D eigenvalue weighted by Crippen LogP contribution is -2.34. The quantitative estimate of drug-likeness (QED) is 0.814. The molecular formula is C15H22N2OS. The van der Waals surface area contributed by atoms with E-state index in [0.717, 1.165) is 18.5 Å². The van der Waals surface area contributed by atoms with Crippen molar-refractivity contribution in [3.8, 4) is 0 Å². The van der Waals surface area contributed by atoms with Gasteiger partial charge in [-0.15, -0.1) is 0 Å². The van der Waals surface area contributed by atoms with Crippen molar-refractivity contribution in [2.45, 2.75) is 27.2 Å². The maximum absolute atomic E-state index is 12.4. The molecule has 0 saturated heterocycles. The smallest absolute Gasteiger partial charge is 0.253 e. The van der Waals surface area contributed by atoms with Crippen LogP contribution in [0.3, 0.4) is 0 Å². The highest BCUT2D eigenvalue weighted by Gasteiger charge is 2.16. The molecule has 0 aliphatic heterocycles. The van der Waals surface area contributed by atoms with Crippen LogP contribution in [0.4, 0.5) is 0 Å². The number of carbonyl (C=O) groups is 1. The van der Waals surface area contributed by atoms with E-state index >= 15 is 0 Å². The van der Waals surface area contributed by atoms with Crippen molar-refractivity contribution in [3.05, 3.63) is 35.4 Å². The molecule has 0 fully saturated rings. The molecule has 1 unspecified atom stereocenters. The molecule has 0 spiro atoms. The van der Waals surface area contributed by atoms with E-state index in [2.05, 4.69) is 13.8 Å². The Hall–Kier alpha value is -1.42. The SMILES string of the molecule is CCC(C)CN(CC)C(=O)c1cccc(C(N)=S)c1. The lowest BCUT2D eigenvalue weighted by molar-refractivity contribution is 0.0741. The maximum atomic E-state index is 12.4. The molecule has 1 aromatic rings. The van der Waals surface area contributed by atoms with E-state index < -0.39 is 0 Å². The van der Waals surface area contributed by atoms with E-state index in [1.807, 2.05) is 30.0 Å². The van der Waals surface area contributed by atoms with E-state index in [1.165, 1.54) is 0 Å². The van der Waals surface area contributed by atoms with E-state index in [4.69, 9.17) is 18.0 Å². The first-order chi connectivity index (χ1) is 8.99. The molecule has 0 radical (unpaired) electrons. The third-order valence-electron chi connectivity index (χ3n) is 3.29. The number of amides is 1. The van der Waals surface area contributed by atoms with Crippen molar-refractivity contribution in [2.75, 3.05) is 13.1 Å². The maximum Gasteiger partial charge on any atom is 0.253 e. The minimum absolute atomic E-state index is 0.0425. The fourth-order valence-corrected chi connectivity index (χ4v) is 1.98. The van der Waals surface area contributed by atoms with Gasteiger partial charge in [0.1, 0.15) is 4.99 Å². The number of nitrogens with zero attached hydrogens (tertiary/aromatic N) is 1. The second kappa shape index (κ2) is 7.24. The first-order valence-electron chi connectivity index (χ1n) is 6.68. The van der Waals surface area contributed by atoms with E-state index in [9.17, 15) is 4.79 Å². The Kier molecular flexibility index (Phi) is 5.96. The van der Waals surface area contributed by atoms with Crippen molar-refractivity contribution < 1.29 is 4.79 Å². The highest BCUT2D eigenvalue weighted by Crippen LogP contribution is 2.11. The zero-order valence-electron chi connectivity index (χ0n) is 11.8. The van der Waals surface area contributed by atoms with Crippen LogP contribution in [0.1, 0.15) is 43.1 Å². The molecule has 4 heteroatoms. The van der Waals surface area contributed by atoms with E-state index in [1.54, 1.807) is 6.07 Å². The molecule has 104 valence electrons. The van der Waals surface area contributed by atoms with Crippen LogP contribution in [0.5, 0.6) is 0 Å². The van der Waals surface area contributed by atoms with Gasteiger partial charge in [-0.1, -0.05) is 44.6 Å². The minimum atomic E-state index is 0.0425. The Balaban J connectivity index is 2.91. The van der Waals surface area contributed by atoms with Gasteiger partial charge in [-0.2, -0.15) is 0 Å². The van der Waals surface area contributed by atoms with E-state index in [-0.39, 0.29) is 5.91 Å². The molecule has 1 aromatic carbocycles. The number of thiocarbonyl (C=S) groups is 1. The highest BCUT2D eigenvalue weighted by molar-refractivity contribution is 7.80. The number of nitrogens with two attached hydrogens (primary N) is 1. The van der Waals surface area contributed by atoms with Gasteiger partial charge in [0.05, 0.1) is 0 Å². The second-order valence-electron chi connectivity index (χ2n) is 4.80. The molecule has 0 saturated carbocycles. The number of rotatable bonds is 6. The largest absolute Gasteiger partial charge is 0.389 e. The van der Waals surface area contributed by atoms with Crippen LogP contribution in [-0.2, 0) is 0 Å². The Morgan fingerprint density at radius 2 is 2.00 bits per heavy atom. The molecule has 2 N–H and O–H groups in total. The summed E-state index contributed by atoms with van der Waals surface area (Å²) in [6.45, 7) is 7.78. The average molecular weight is 278 g/mol. The normalized spacial score (nSPS) is 11.9. The fourth-order valence-electron chi connectivity index (χ4n) is 1.85. The molecule has 0 bridgehead atoms. The van der Waals surface area contributed by atoms with Crippen molar-refractivity contribution in [2.24, 2.45) is 11.7 Å². The molecule has 3 nitrogen and oxygen atoms in total. The topological polar surface area (TPSA) is 46.3 Å². The highest BCUT2D eigenvalue weighted by atomic mass is 32.1. The van der Waals surface area contributed by atoms with Crippen molar-refractivity contribution >= 4 is 23.1 Å². The summed E-state index contributed by atoms with van der Waals surface area (Å²) in [6, 6.07) is 7.22. The van der Waals surface area contributed by atoms with Crippen LogP contribution >= 0.6 is 12.2 Å². The first kappa shape index (κ1) is 15.6. The summed E-state index contributed by atoms with van der Waals surface area (Å²) in [6.07, 6.45) is 1.07. The van der Waals surface area contributed by atoms with Gasteiger partial charge in [0.2, 0.25) is 0 Å². The zero-order chi connectivity index (χ0) is 14.4. The number of hydrogen-bond donors (Lipinski definition) is 1. The molecule has 1 atom stereocenters. The predicted molar refractivity (Wildman–Crippen MR) is 83.4 cm³/mol. The molecule has 0 heterocycles. The molecular weight excluding hydrogens is 256 g/mol. The second-order valence-corrected chi connectivity index (χ2v) is 5.24. The van der Waals surface area contributed by atoms with Gasteiger partial charge in [0.15, 0.2) is 0 Å². The molecule has 19 heavy (non-hydrogen) atoms. The molecule has 1 amide bonds. The summed E-state index contributed by atoms with van der Waals surface area (Å²) >= 11 is 4.94. The van der Waals surface area contributed by atoms with Crippen molar-refractivity contribution in [3.63, 3.8) is 0 Å². The third-order valence-corrected chi connectivity index (χ3v) is 3.53. The van der Waals surface area contributed by atoms with Gasteiger partial charge in [-0.3, -0.25) is 4.79 Å². The standard InChI is InChI=1S/C15H22N2OS/c1-4-11(3)10-17(5-2)15(18)13-8-6-7-12(9-13)14(16)19/h6-9,11H,4-5,10H2,1-3H3,(H2,16,19). The van der Waals surface area contributed by atoms with Crippen LogP contribution < -0.4 is 5.73 Å². The Morgan fingerprint density at radius 1 is 1.37 bits per heavy atom. The average Bonchev–Trinajstić information content (AvgIpc) is 2.43. The van der Waals surface area contributed by atoms with Gasteiger partial charge in [-0.05, 0) is 25.0 Å². The summed E-state index contributed by atoms with van der Waals surface area (Å²) in [7, 11) is 0. The van der Waals surface area contributed by atoms with Crippen molar-refractivity contribution in [1.82, 2.24) is 4.90 Å². The third kappa shape index (κ3) is 4.31. The Morgan fingerprint density at radius 3 is 2.53 bits per heavy atom. The monoisotopic (exact) mass is 278 g/mol. The molecule has 0 aliphatic rings. The van der Waals surface area contributed by atoms with Crippen LogP contribution in [-0.4, -0.2) is 28.9 Å². The van der Waals surface area contributed by atoms with E-state index in [0.29, 0.717) is 23.0 Å². The van der Waals surface area contributed by atoms with Crippen LogP contribution in [0.2, 0.25) is 0 Å².